The molecule has 2 bridgehead atoms. The first-order valence-corrected chi connectivity index (χ1v) is 10.3. The van der Waals surface area contributed by atoms with Crippen molar-refractivity contribution in [2.24, 2.45) is 11.8 Å². The highest BCUT2D eigenvalue weighted by Crippen LogP contribution is 2.63. The Labute approximate surface area is 178 Å². The number of aldehydes is 1. The number of rotatable bonds is 2. The molecule has 2 amide bonds. The summed E-state index contributed by atoms with van der Waals surface area (Å²) in [5, 5.41) is 0.527. The van der Waals surface area contributed by atoms with E-state index in [-0.39, 0.29) is 17.7 Å². The van der Waals surface area contributed by atoms with Crippen LogP contribution in [-0.2, 0) is 19.8 Å². The van der Waals surface area contributed by atoms with Crippen LogP contribution in [0.2, 0.25) is 5.02 Å². The van der Waals surface area contributed by atoms with Crippen molar-refractivity contribution >= 4 is 35.4 Å². The number of hydrogen-bond donors (Lipinski definition) is 0. The van der Waals surface area contributed by atoms with Gasteiger partial charge in [-0.15, -0.1) is 0 Å². The second-order valence-corrected chi connectivity index (χ2v) is 8.57. The minimum atomic E-state index is -1.17. The van der Waals surface area contributed by atoms with Crippen LogP contribution in [0, 0.1) is 11.8 Å². The van der Waals surface area contributed by atoms with Gasteiger partial charge in [-0.2, -0.15) is 0 Å². The zero-order valence-corrected chi connectivity index (χ0v) is 16.5. The Morgan fingerprint density at radius 3 is 1.93 bits per heavy atom. The summed E-state index contributed by atoms with van der Waals surface area (Å²) in [6.07, 6.45) is 0.883. The predicted octanol–water partition coefficient (Wildman–Crippen LogP) is 4.09. The average molecular weight is 414 g/mol. The van der Waals surface area contributed by atoms with Crippen LogP contribution in [0.1, 0.15) is 28.2 Å². The zero-order valence-electron chi connectivity index (χ0n) is 15.8. The van der Waals surface area contributed by atoms with Crippen LogP contribution in [0.5, 0.6) is 0 Å². The standard InChI is InChI=1S/C25H16ClNO3/c26-14-9-11-15(12-10-14)27-23(29)21-20-16-5-1-3-7-18(16)25(13-28,22(21)24(27)30)19-8-4-2-6-17(19)20/h1-13,20-22H. The van der Waals surface area contributed by atoms with Crippen LogP contribution >= 0.6 is 11.6 Å². The second kappa shape index (κ2) is 5.89. The number of nitrogens with zero attached hydrogens (tertiary/aromatic N) is 1. The molecule has 0 spiro atoms. The molecular weight excluding hydrogens is 398 g/mol. The number of hydrogen-bond acceptors (Lipinski definition) is 3. The molecule has 0 radical (unpaired) electrons. The van der Waals surface area contributed by atoms with E-state index in [9.17, 15) is 14.4 Å². The minimum Gasteiger partial charge on any atom is -0.302 e. The third-order valence-corrected chi connectivity index (χ3v) is 7.21. The fraction of sp³-hybridized carbons (Fsp3) is 0.160. The lowest BCUT2D eigenvalue weighted by atomic mass is 9.48. The number of benzene rings is 3. The molecule has 7 rings (SSSR count). The highest BCUT2D eigenvalue weighted by atomic mass is 35.5. The fourth-order valence-corrected chi connectivity index (χ4v) is 6.00. The molecule has 3 aromatic rings. The molecular formula is C25H16ClNO3. The predicted molar refractivity (Wildman–Crippen MR) is 112 cm³/mol. The molecule has 1 saturated heterocycles. The van der Waals surface area contributed by atoms with Crippen LogP contribution in [0.4, 0.5) is 5.69 Å². The zero-order chi connectivity index (χ0) is 20.6. The van der Waals surface area contributed by atoms with Crippen molar-refractivity contribution in [1.82, 2.24) is 0 Å². The summed E-state index contributed by atoms with van der Waals surface area (Å²) in [6, 6.07) is 22.1. The van der Waals surface area contributed by atoms with E-state index < -0.39 is 17.3 Å². The number of amides is 2. The van der Waals surface area contributed by atoms with Gasteiger partial charge in [0.2, 0.25) is 11.8 Å². The monoisotopic (exact) mass is 413 g/mol. The van der Waals surface area contributed by atoms with Gasteiger partial charge in [0.15, 0.2) is 0 Å². The molecule has 1 fully saturated rings. The summed E-state index contributed by atoms with van der Waals surface area (Å²) in [7, 11) is 0. The van der Waals surface area contributed by atoms with E-state index in [1.165, 1.54) is 4.90 Å². The van der Waals surface area contributed by atoms with Gasteiger partial charge in [-0.05, 0) is 46.5 Å². The lowest BCUT2D eigenvalue weighted by Crippen LogP contribution is -2.54. The Bertz CT molecular complexity index is 1200. The van der Waals surface area contributed by atoms with E-state index in [4.69, 9.17) is 11.6 Å². The third-order valence-electron chi connectivity index (χ3n) is 6.95. The summed E-state index contributed by atoms with van der Waals surface area (Å²) >= 11 is 6.00. The first-order valence-electron chi connectivity index (χ1n) is 9.88. The Balaban J connectivity index is 1.64. The van der Waals surface area contributed by atoms with Gasteiger partial charge in [0.25, 0.3) is 0 Å². The number of halogens is 1. The molecule has 146 valence electrons. The smallest absolute Gasteiger partial charge is 0.239 e. The van der Waals surface area contributed by atoms with E-state index >= 15 is 0 Å². The lowest BCUT2D eigenvalue weighted by Gasteiger charge is -2.51. The second-order valence-electron chi connectivity index (χ2n) is 8.13. The molecule has 0 N–H and O–H groups in total. The van der Waals surface area contributed by atoms with Crippen molar-refractivity contribution in [2.75, 3.05) is 4.90 Å². The number of carbonyl (C=O) groups excluding carboxylic acids is 3. The first-order chi connectivity index (χ1) is 14.6. The van der Waals surface area contributed by atoms with Crippen molar-refractivity contribution in [1.29, 1.82) is 0 Å². The van der Waals surface area contributed by atoms with Gasteiger partial charge in [0.1, 0.15) is 6.29 Å². The first kappa shape index (κ1) is 17.6. The van der Waals surface area contributed by atoms with Crippen molar-refractivity contribution < 1.29 is 14.4 Å². The maximum atomic E-state index is 13.7. The summed E-state index contributed by atoms with van der Waals surface area (Å²) in [5.74, 6) is -2.20. The Kier molecular flexibility index (Phi) is 3.46. The fourth-order valence-electron chi connectivity index (χ4n) is 5.88. The molecule has 0 aromatic heterocycles. The maximum Gasteiger partial charge on any atom is 0.239 e. The normalized spacial score (nSPS) is 28.2. The average Bonchev–Trinajstić information content (AvgIpc) is 3.05. The summed E-state index contributed by atoms with van der Waals surface area (Å²) in [5.41, 5.74) is 2.92. The molecule has 5 heteroatoms. The van der Waals surface area contributed by atoms with Crippen LogP contribution < -0.4 is 4.90 Å². The molecule has 1 aliphatic heterocycles. The molecule has 2 atom stereocenters. The topological polar surface area (TPSA) is 54.5 Å². The van der Waals surface area contributed by atoms with Crippen LogP contribution in [0.15, 0.2) is 72.8 Å². The van der Waals surface area contributed by atoms with E-state index in [0.29, 0.717) is 10.7 Å². The minimum absolute atomic E-state index is 0.252. The largest absolute Gasteiger partial charge is 0.302 e. The van der Waals surface area contributed by atoms with Gasteiger partial charge in [0, 0.05) is 10.9 Å². The quantitative estimate of drug-likeness (QED) is 0.469. The van der Waals surface area contributed by atoms with Gasteiger partial charge in [-0.25, -0.2) is 4.90 Å². The van der Waals surface area contributed by atoms with E-state index in [2.05, 4.69) is 0 Å². The Hall–Kier alpha value is -3.24. The maximum absolute atomic E-state index is 13.7. The molecule has 30 heavy (non-hydrogen) atoms. The van der Waals surface area contributed by atoms with Crippen molar-refractivity contribution in [2.45, 2.75) is 11.3 Å². The lowest BCUT2D eigenvalue weighted by molar-refractivity contribution is -0.128. The van der Waals surface area contributed by atoms with Crippen molar-refractivity contribution in [3.8, 4) is 0 Å². The number of imide groups is 1. The summed E-state index contributed by atoms with van der Waals surface area (Å²) in [4.78, 5) is 41.5. The third kappa shape index (κ3) is 1.90. The van der Waals surface area contributed by atoms with Gasteiger partial charge in [-0.1, -0.05) is 60.1 Å². The Morgan fingerprint density at radius 2 is 1.37 bits per heavy atom. The molecule has 2 unspecified atom stereocenters. The Morgan fingerprint density at radius 1 is 0.800 bits per heavy atom. The van der Waals surface area contributed by atoms with Crippen molar-refractivity contribution in [3.63, 3.8) is 0 Å². The van der Waals surface area contributed by atoms with Crippen LogP contribution in [-0.4, -0.2) is 18.1 Å². The van der Waals surface area contributed by atoms with Crippen LogP contribution in [0.25, 0.3) is 0 Å². The highest BCUT2D eigenvalue weighted by Gasteiger charge is 2.68. The summed E-state index contributed by atoms with van der Waals surface area (Å²) in [6.45, 7) is 0. The van der Waals surface area contributed by atoms with Gasteiger partial charge >= 0.3 is 0 Å². The summed E-state index contributed by atoms with van der Waals surface area (Å²) < 4.78 is 0. The number of carbonyl (C=O) groups is 3. The molecule has 4 nitrogen and oxygen atoms in total. The molecule has 1 heterocycles. The van der Waals surface area contributed by atoms with Gasteiger partial charge in [-0.3, -0.25) is 9.59 Å². The van der Waals surface area contributed by atoms with Gasteiger partial charge in [0.05, 0.1) is 22.9 Å². The highest BCUT2D eigenvalue weighted by molar-refractivity contribution is 6.31. The van der Waals surface area contributed by atoms with Gasteiger partial charge < -0.3 is 4.79 Å². The van der Waals surface area contributed by atoms with E-state index in [0.717, 1.165) is 28.5 Å². The number of anilines is 1. The molecule has 3 aliphatic carbocycles. The molecule has 3 aromatic carbocycles. The van der Waals surface area contributed by atoms with E-state index in [1.807, 2.05) is 48.5 Å². The SMILES string of the molecule is O=CC12c3ccccc3C(c3ccccc31)C1C(=O)N(c3ccc(Cl)cc3)C(=O)C12. The van der Waals surface area contributed by atoms with Crippen LogP contribution in [0.3, 0.4) is 0 Å². The van der Waals surface area contributed by atoms with E-state index in [1.54, 1.807) is 24.3 Å². The van der Waals surface area contributed by atoms with Crippen molar-refractivity contribution in [3.05, 3.63) is 100 Å². The molecule has 4 aliphatic rings. The molecule has 0 saturated carbocycles.